The molecule has 1 aliphatic rings. The van der Waals surface area contributed by atoms with E-state index in [0.29, 0.717) is 24.2 Å². The Kier molecular flexibility index (Phi) is 5.85. The molecular weight excluding hydrogens is 373 g/mol. The van der Waals surface area contributed by atoms with E-state index in [1.807, 2.05) is 0 Å². The second kappa shape index (κ2) is 8.13. The molecule has 8 nitrogen and oxygen atoms in total. The topological polar surface area (TPSA) is 97.2 Å². The molecule has 146 valence electrons. The van der Waals surface area contributed by atoms with Crippen LogP contribution in [-0.4, -0.2) is 53.9 Å². The number of likely N-dealkylation sites (tertiary alicyclic amines) is 1. The van der Waals surface area contributed by atoms with Gasteiger partial charge in [-0.2, -0.15) is 0 Å². The summed E-state index contributed by atoms with van der Waals surface area (Å²) in [5.74, 6) is -0.722. The van der Waals surface area contributed by atoms with Crippen LogP contribution >= 0.6 is 0 Å². The van der Waals surface area contributed by atoms with Crippen LogP contribution in [0.2, 0.25) is 0 Å². The van der Waals surface area contributed by atoms with Crippen LogP contribution in [0.15, 0.2) is 29.3 Å². The van der Waals surface area contributed by atoms with E-state index >= 15 is 0 Å². The molecule has 0 radical (unpaired) electrons. The van der Waals surface area contributed by atoms with Crippen molar-refractivity contribution < 1.29 is 17.6 Å². The van der Waals surface area contributed by atoms with Gasteiger partial charge in [0, 0.05) is 26.2 Å². The fourth-order valence-corrected chi connectivity index (χ4v) is 4.30. The molecule has 2 aromatic rings. The quantitative estimate of drug-likeness (QED) is 0.714. The van der Waals surface area contributed by atoms with Gasteiger partial charge in [0.25, 0.3) is 5.91 Å². The van der Waals surface area contributed by atoms with E-state index in [4.69, 9.17) is 0 Å². The van der Waals surface area contributed by atoms with E-state index in [0.717, 1.165) is 32.0 Å². The van der Waals surface area contributed by atoms with Crippen molar-refractivity contribution >= 4 is 15.9 Å². The number of nitrogens with zero attached hydrogens (tertiary/aromatic N) is 4. The van der Waals surface area contributed by atoms with Gasteiger partial charge in [-0.1, -0.05) is 11.3 Å². The van der Waals surface area contributed by atoms with Crippen molar-refractivity contribution in [2.45, 2.75) is 37.6 Å². The number of aryl methyl sites for hydroxylation is 2. The van der Waals surface area contributed by atoms with Crippen molar-refractivity contribution in [3.05, 3.63) is 41.5 Å². The number of rotatable bonds is 7. The van der Waals surface area contributed by atoms with Crippen molar-refractivity contribution in [2.24, 2.45) is 0 Å². The summed E-state index contributed by atoms with van der Waals surface area (Å²) in [6, 6.07) is 3.66. The maximum Gasteiger partial charge on any atom is 0.276 e. The number of hydrogen-bond donors (Lipinski definition) is 1. The first-order valence-electron chi connectivity index (χ1n) is 8.82. The SMILES string of the molecule is Cc1ccc(F)cc1S(=O)(=O)NCCCn1cc(C(=O)N2CCCC2)nn1. The molecule has 0 atom stereocenters. The second-order valence-corrected chi connectivity index (χ2v) is 8.26. The lowest BCUT2D eigenvalue weighted by molar-refractivity contribution is 0.0787. The molecule has 1 saturated heterocycles. The minimum absolute atomic E-state index is 0.0678. The fraction of sp³-hybridized carbons (Fsp3) is 0.471. The first kappa shape index (κ1) is 19.4. The third kappa shape index (κ3) is 4.69. The molecule has 1 amide bonds. The average Bonchev–Trinajstić information content (AvgIpc) is 3.32. The molecule has 1 aromatic carbocycles. The molecule has 2 heterocycles. The Labute approximate surface area is 157 Å². The number of aromatic nitrogens is 3. The fourth-order valence-electron chi connectivity index (χ4n) is 2.98. The van der Waals surface area contributed by atoms with Gasteiger partial charge in [-0.05, 0) is 43.9 Å². The number of sulfonamides is 1. The molecule has 1 N–H and O–H groups in total. The Morgan fingerprint density at radius 1 is 1.30 bits per heavy atom. The highest BCUT2D eigenvalue weighted by atomic mass is 32.2. The molecule has 3 rings (SSSR count). The third-order valence-electron chi connectivity index (χ3n) is 4.45. The molecule has 1 fully saturated rings. The van der Waals surface area contributed by atoms with Crippen molar-refractivity contribution in [2.75, 3.05) is 19.6 Å². The van der Waals surface area contributed by atoms with Gasteiger partial charge in [0.2, 0.25) is 10.0 Å². The number of carbonyl (C=O) groups excluding carboxylic acids is 1. The zero-order valence-corrected chi connectivity index (χ0v) is 15.9. The van der Waals surface area contributed by atoms with E-state index in [1.165, 1.54) is 16.8 Å². The number of amides is 1. The predicted molar refractivity (Wildman–Crippen MR) is 96.1 cm³/mol. The lowest BCUT2D eigenvalue weighted by atomic mass is 10.2. The van der Waals surface area contributed by atoms with Gasteiger partial charge in [0.15, 0.2) is 5.69 Å². The van der Waals surface area contributed by atoms with Gasteiger partial charge in [-0.15, -0.1) is 5.10 Å². The van der Waals surface area contributed by atoms with Crippen molar-refractivity contribution in [3.8, 4) is 0 Å². The summed E-state index contributed by atoms with van der Waals surface area (Å²) in [6.45, 7) is 3.67. The zero-order chi connectivity index (χ0) is 19.4. The van der Waals surface area contributed by atoms with Crippen LogP contribution < -0.4 is 4.72 Å². The van der Waals surface area contributed by atoms with Crippen LogP contribution in [0.25, 0.3) is 0 Å². The van der Waals surface area contributed by atoms with Gasteiger partial charge in [0.05, 0.1) is 11.1 Å². The predicted octanol–water partition coefficient (Wildman–Crippen LogP) is 1.33. The number of benzene rings is 1. The minimum atomic E-state index is -3.78. The summed E-state index contributed by atoms with van der Waals surface area (Å²) in [7, 11) is -3.78. The molecule has 1 aliphatic heterocycles. The van der Waals surface area contributed by atoms with Gasteiger partial charge in [-0.25, -0.2) is 17.5 Å². The summed E-state index contributed by atoms with van der Waals surface area (Å²) in [4.78, 5) is 13.9. The highest BCUT2D eigenvalue weighted by molar-refractivity contribution is 7.89. The van der Waals surface area contributed by atoms with Gasteiger partial charge < -0.3 is 4.90 Å². The standard InChI is InChI=1S/C17H22FN5O3S/c1-13-5-6-14(18)11-16(13)27(25,26)19-7-4-10-23-12-15(20-21-23)17(24)22-8-2-3-9-22/h5-6,11-12,19H,2-4,7-10H2,1H3. The maximum absolute atomic E-state index is 13.3. The smallest absolute Gasteiger partial charge is 0.276 e. The molecule has 27 heavy (non-hydrogen) atoms. The van der Waals surface area contributed by atoms with E-state index in [-0.39, 0.29) is 17.3 Å². The van der Waals surface area contributed by atoms with Crippen molar-refractivity contribution in [1.82, 2.24) is 24.6 Å². The largest absolute Gasteiger partial charge is 0.337 e. The molecule has 0 aliphatic carbocycles. The molecule has 0 bridgehead atoms. The number of nitrogens with one attached hydrogen (secondary N) is 1. The molecular formula is C17H22FN5O3S. The number of halogens is 1. The summed E-state index contributed by atoms with van der Waals surface area (Å²) in [6.07, 6.45) is 4.04. The second-order valence-electron chi connectivity index (χ2n) is 6.53. The molecule has 0 saturated carbocycles. The van der Waals surface area contributed by atoms with Crippen molar-refractivity contribution in [1.29, 1.82) is 0 Å². The number of carbonyl (C=O) groups is 1. The highest BCUT2D eigenvalue weighted by Crippen LogP contribution is 2.16. The Morgan fingerprint density at radius 2 is 2.04 bits per heavy atom. The van der Waals surface area contributed by atoms with Gasteiger partial charge >= 0.3 is 0 Å². The average molecular weight is 395 g/mol. The molecule has 0 spiro atoms. The van der Waals surface area contributed by atoms with E-state index < -0.39 is 15.8 Å². The highest BCUT2D eigenvalue weighted by Gasteiger charge is 2.22. The summed E-state index contributed by atoms with van der Waals surface area (Å²) in [5, 5.41) is 7.82. The number of hydrogen-bond acceptors (Lipinski definition) is 5. The van der Waals surface area contributed by atoms with E-state index in [2.05, 4.69) is 15.0 Å². The normalized spacial score (nSPS) is 14.7. The molecule has 1 aromatic heterocycles. The lowest BCUT2D eigenvalue weighted by Gasteiger charge is -2.12. The van der Waals surface area contributed by atoms with Crippen LogP contribution in [0.1, 0.15) is 35.3 Å². The van der Waals surface area contributed by atoms with Crippen LogP contribution in [-0.2, 0) is 16.6 Å². The van der Waals surface area contributed by atoms with Crippen LogP contribution in [0.4, 0.5) is 4.39 Å². The first-order chi connectivity index (χ1) is 12.9. The third-order valence-corrected chi connectivity index (χ3v) is 6.05. The molecule has 10 heteroatoms. The summed E-state index contributed by atoms with van der Waals surface area (Å²) >= 11 is 0. The Morgan fingerprint density at radius 3 is 2.78 bits per heavy atom. The Balaban J connectivity index is 1.51. The molecule has 0 unspecified atom stereocenters. The summed E-state index contributed by atoms with van der Waals surface area (Å²) in [5.41, 5.74) is 0.776. The summed E-state index contributed by atoms with van der Waals surface area (Å²) < 4.78 is 41.9. The van der Waals surface area contributed by atoms with Gasteiger partial charge in [0.1, 0.15) is 5.82 Å². The van der Waals surface area contributed by atoms with Crippen LogP contribution in [0, 0.1) is 12.7 Å². The Bertz CT molecular complexity index is 922. The van der Waals surface area contributed by atoms with Crippen molar-refractivity contribution in [3.63, 3.8) is 0 Å². The van der Waals surface area contributed by atoms with Crippen LogP contribution in [0.3, 0.4) is 0 Å². The Hall–Kier alpha value is -2.33. The van der Waals surface area contributed by atoms with Gasteiger partial charge in [-0.3, -0.25) is 9.48 Å². The van der Waals surface area contributed by atoms with E-state index in [1.54, 1.807) is 18.0 Å². The van der Waals surface area contributed by atoms with E-state index in [9.17, 15) is 17.6 Å². The first-order valence-corrected chi connectivity index (χ1v) is 10.3. The maximum atomic E-state index is 13.3. The minimum Gasteiger partial charge on any atom is -0.337 e. The lowest BCUT2D eigenvalue weighted by Crippen LogP contribution is -2.27. The zero-order valence-electron chi connectivity index (χ0n) is 15.1. The monoisotopic (exact) mass is 395 g/mol. The van der Waals surface area contributed by atoms with Crippen LogP contribution in [0.5, 0.6) is 0 Å².